The molecule has 0 radical (unpaired) electrons. The maximum absolute atomic E-state index is 5.93. The van der Waals surface area contributed by atoms with Gasteiger partial charge in [-0.1, -0.05) is 0 Å². The molecule has 0 spiro atoms. The van der Waals surface area contributed by atoms with E-state index in [1.165, 1.54) is 6.42 Å². The lowest BCUT2D eigenvalue weighted by Crippen LogP contribution is -2.21. The highest BCUT2D eigenvalue weighted by Crippen LogP contribution is 2.42. The van der Waals surface area contributed by atoms with E-state index in [0.29, 0.717) is 18.0 Å². The van der Waals surface area contributed by atoms with Gasteiger partial charge in [-0.2, -0.15) is 4.98 Å². The molecule has 6 heteroatoms. The Bertz CT molecular complexity index is 693. The van der Waals surface area contributed by atoms with Crippen LogP contribution in [0.1, 0.15) is 25.3 Å². The van der Waals surface area contributed by atoms with Crippen LogP contribution in [-0.2, 0) is 4.74 Å². The smallest absolute Gasteiger partial charge is 0.215 e. The molecule has 0 aliphatic carbocycles. The van der Waals surface area contributed by atoms with Crippen molar-refractivity contribution < 1.29 is 9.47 Å². The summed E-state index contributed by atoms with van der Waals surface area (Å²) in [7, 11) is 1.63. The monoisotopic (exact) mass is 277 g/mol. The first-order valence-electron chi connectivity index (χ1n) is 6.57. The lowest BCUT2D eigenvalue weighted by atomic mass is 9.95. The van der Waals surface area contributed by atoms with Crippen molar-refractivity contribution in [2.75, 3.05) is 7.11 Å². The van der Waals surface area contributed by atoms with Crippen LogP contribution in [0.25, 0.3) is 11.2 Å². The van der Waals surface area contributed by atoms with Crippen LogP contribution in [0.2, 0.25) is 0 Å². The molecule has 3 unspecified atom stereocenters. The van der Waals surface area contributed by atoms with Crippen LogP contribution in [0.5, 0.6) is 5.88 Å². The molecule has 2 aromatic heterocycles. The number of hydrogen-bond donors (Lipinski definition) is 1. The third kappa shape index (κ3) is 1.63. The molecule has 0 amide bonds. The summed E-state index contributed by atoms with van der Waals surface area (Å²) in [5.74, 6) is 0.610. The molecular weight excluding hydrogens is 262 g/mol. The largest absolute Gasteiger partial charge is 0.481 e. The van der Waals surface area contributed by atoms with Crippen LogP contribution in [-0.4, -0.2) is 33.9 Å². The van der Waals surface area contributed by atoms with Crippen LogP contribution < -0.4 is 4.74 Å². The Kier molecular flexibility index (Phi) is 2.43. The maximum Gasteiger partial charge on any atom is 0.215 e. The topological polar surface area (TPSA) is 52.1 Å². The molecule has 2 saturated heterocycles. The average Bonchev–Trinajstić information content (AvgIpc) is 3.09. The number of aromatic amines is 1. The van der Waals surface area contributed by atoms with E-state index in [4.69, 9.17) is 21.7 Å². The number of fused-ring (bicyclic) bond motifs is 3. The van der Waals surface area contributed by atoms with E-state index < -0.39 is 0 Å². The quantitative estimate of drug-likeness (QED) is 0.857. The SMILES string of the molecule is COc1ccc2[nH]c(=S)n(C3CC4CCC3O4)c2n1. The van der Waals surface area contributed by atoms with Crippen LogP contribution in [0.3, 0.4) is 0 Å². The molecule has 1 N–H and O–H groups in total. The Hall–Kier alpha value is -1.40. The van der Waals surface area contributed by atoms with Crippen molar-refractivity contribution in [3.8, 4) is 5.88 Å². The van der Waals surface area contributed by atoms with Crippen LogP contribution in [0.4, 0.5) is 0 Å². The first kappa shape index (κ1) is 11.4. The second kappa shape index (κ2) is 4.05. The fourth-order valence-electron chi connectivity index (χ4n) is 3.29. The van der Waals surface area contributed by atoms with Crippen molar-refractivity contribution in [2.45, 2.75) is 37.5 Å². The molecule has 2 aliphatic rings. The third-order valence-corrected chi connectivity index (χ3v) is 4.45. The molecule has 3 atom stereocenters. The van der Waals surface area contributed by atoms with Crippen molar-refractivity contribution in [1.29, 1.82) is 0 Å². The number of imidazole rings is 1. The Morgan fingerprint density at radius 3 is 3.05 bits per heavy atom. The zero-order valence-electron chi connectivity index (χ0n) is 10.6. The van der Waals surface area contributed by atoms with E-state index in [2.05, 4.69) is 14.5 Å². The van der Waals surface area contributed by atoms with E-state index in [1.54, 1.807) is 7.11 Å². The lowest BCUT2D eigenvalue weighted by molar-refractivity contribution is 0.0941. The Balaban J connectivity index is 1.88. The number of H-pyrrole nitrogens is 1. The zero-order chi connectivity index (χ0) is 13.0. The lowest BCUT2D eigenvalue weighted by Gasteiger charge is -2.20. The van der Waals surface area contributed by atoms with Gasteiger partial charge in [0.1, 0.15) is 0 Å². The van der Waals surface area contributed by atoms with Crippen molar-refractivity contribution in [3.63, 3.8) is 0 Å². The molecule has 2 aliphatic heterocycles. The normalized spacial score (nSPS) is 29.2. The van der Waals surface area contributed by atoms with Crippen molar-refractivity contribution in [3.05, 3.63) is 16.9 Å². The van der Waals surface area contributed by atoms with Crippen LogP contribution in [0, 0.1) is 4.77 Å². The summed E-state index contributed by atoms with van der Waals surface area (Å²) in [6.45, 7) is 0. The molecule has 0 saturated carbocycles. The summed E-state index contributed by atoms with van der Waals surface area (Å²) in [5, 5.41) is 0. The molecule has 2 bridgehead atoms. The minimum Gasteiger partial charge on any atom is -0.481 e. The van der Waals surface area contributed by atoms with Gasteiger partial charge in [0.25, 0.3) is 0 Å². The summed E-state index contributed by atoms with van der Waals surface area (Å²) in [5.41, 5.74) is 1.82. The van der Waals surface area contributed by atoms with Gasteiger partial charge >= 0.3 is 0 Å². The highest BCUT2D eigenvalue weighted by Gasteiger charge is 2.42. The molecule has 0 aromatic carbocycles. The average molecular weight is 277 g/mol. The number of nitrogens with one attached hydrogen (secondary N) is 1. The van der Waals surface area contributed by atoms with Gasteiger partial charge in [-0.15, -0.1) is 0 Å². The van der Waals surface area contributed by atoms with Crippen molar-refractivity contribution in [1.82, 2.24) is 14.5 Å². The minimum absolute atomic E-state index is 0.281. The molecule has 4 heterocycles. The number of methoxy groups -OCH3 is 1. The predicted octanol–water partition coefficient (Wildman–Crippen LogP) is 2.59. The number of aromatic nitrogens is 3. The fraction of sp³-hybridized carbons (Fsp3) is 0.538. The molecule has 5 nitrogen and oxygen atoms in total. The second-order valence-corrected chi connectivity index (χ2v) is 5.59. The Labute approximate surface area is 115 Å². The Morgan fingerprint density at radius 2 is 2.37 bits per heavy atom. The molecule has 100 valence electrons. The van der Waals surface area contributed by atoms with Crippen molar-refractivity contribution in [2.24, 2.45) is 0 Å². The summed E-state index contributed by atoms with van der Waals surface area (Å²) >= 11 is 5.46. The van der Waals surface area contributed by atoms with Gasteiger partial charge in [0, 0.05) is 6.07 Å². The van der Waals surface area contributed by atoms with Crippen LogP contribution in [0.15, 0.2) is 12.1 Å². The highest BCUT2D eigenvalue weighted by molar-refractivity contribution is 7.71. The van der Waals surface area contributed by atoms with E-state index >= 15 is 0 Å². The standard InChI is InChI=1S/C13H15N3O2S/c1-17-11-5-3-8-12(15-11)16(13(19)14-8)9-6-7-2-4-10(9)18-7/h3,5,7,9-10H,2,4,6H2,1H3,(H,14,19). The van der Waals surface area contributed by atoms with E-state index in [9.17, 15) is 0 Å². The van der Waals surface area contributed by atoms with Gasteiger partial charge in [0.15, 0.2) is 10.4 Å². The third-order valence-electron chi connectivity index (χ3n) is 4.15. The molecular formula is C13H15N3O2S. The number of nitrogens with zero attached hydrogens (tertiary/aromatic N) is 2. The van der Waals surface area contributed by atoms with Gasteiger partial charge in [0.2, 0.25) is 5.88 Å². The molecule has 2 fully saturated rings. The van der Waals surface area contributed by atoms with Gasteiger partial charge in [0.05, 0.1) is 30.9 Å². The summed E-state index contributed by atoms with van der Waals surface area (Å²) in [4.78, 5) is 7.75. The van der Waals surface area contributed by atoms with Crippen molar-refractivity contribution >= 4 is 23.4 Å². The van der Waals surface area contributed by atoms with E-state index in [-0.39, 0.29) is 6.10 Å². The molecule has 19 heavy (non-hydrogen) atoms. The number of hydrogen-bond acceptors (Lipinski definition) is 4. The van der Waals surface area contributed by atoms with Gasteiger partial charge in [-0.25, -0.2) is 0 Å². The number of rotatable bonds is 2. The summed E-state index contributed by atoms with van der Waals surface area (Å²) < 4.78 is 14.0. The van der Waals surface area contributed by atoms with E-state index in [1.807, 2.05) is 12.1 Å². The first-order chi connectivity index (χ1) is 9.26. The maximum atomic E-state index is 5.93. The van der Waals surface area contributed by atoms with Gasteiger partial charge < -0.3 is 14.5 Å². The van der Waals surface area contributed by atoms with E-state index in [0.717, 1.165) is 28.8 Å². The number of ether oxygens (including phenoxy) is 2. The minimum atomic E-state index is 0.281. The van der Waals surface area contributed by atoms with Gasteiger partial charge in [-0.05, 0) is 37.5 Å². The first-order valence-corrected chi connectivity index (χ1v) is 6.98. The van der Waals surface area contributed by atoms with Gasteiger partial charge in [-0.3, -0.25) is 4.57 Å². The zero-order valence-corrected chi connectivity index (χ0v) is 11.4. The fourth-order valence-corrected chi connectivity index (χ4v) is 3.62. The summed E-state index contributed by atoms with van der Waals surface area (Å²) in [6.07, 6.45) is 4.00. The molecule has 4 rings (SSSR count). The van der Waals surface area contributed by atoms with Crippen LogP contribution >= 0.6 is 12.2 Å². The Morgan fingerprint density at radius 1 is 1.47 bits per heavy atom. The summed E-state index contributed by atoms with van der Waals surface area (Å²) in [6, 6.07) is 4.11. The predicted molar refractivity (Wildman–Crippen MR) is 73.0 cm³/mol. The second-order valence-electron chi connectivity index (χ2n) is 5.20. The molecule has 2 aromatic rings. The number of pyridine rings is 1. The highest BCUT2D eigenvalue weighted by atomic mass is 32.1.